The van der Waals surface area contributed by atoms with Crippen LogP contribution in [-0.4, -0.2) is 37.3 Å². The van der Waals surface area contributed by atoms with Gasteiger partial charge in [-0.2, -0.15) is 0 Å². The Bertz CT molecular complexity index is 622. The SMILES string of the molecule is CCCCCCCCCCCCCC(=O)N1CCS[C@H]1c1cc(OC)ccc1OC. The number of benzene rings is 1. The Morgan fingerprint density at radius 3 is 2.20 bits per heavy atom. The second-order valence-corrected chi connectivity index (χ2v) is 9.39. The van der Waals surface area contributed by atoms with Crippen LogP contribution in [0.1, 0.15) is 94.9 Å². The summed E-state index contributed by atoms with van der Waals surface area (Å²) in [6.07, 6.45) is 15.0. The molecule has 2 rings (SSSR count). The smallest absolute Gasteiger partial charge is 0.223 e. The molecule has 4 nitrogen and oxygen atoms in total. The largest absolute Gasteiger partial charge is 0.497 e. The second-order valence-electron chi connectivity index (χ2n) is 8.20. The standard InChI is InChI=1S/C25H41NO3S/c1-4-5-6-7-8-9-10-11-12-13-14-15-24(27)26-18-19-30-25(26)22-20-21(28-2)16-17-23(22)29-3/h16-17,20,25H,4-15,18-19H2,1-3H3/t25-/m0/s1. The van der Waals surface area contributed by atoms with E-state index in [1.807, 2.05) is 34.9 Å². The van der Waals surface area contributed by atoms with Crippen molar-refractivity contribution in [2.24, 2.45) is 0 Å². The third kappa shape index (κ3) is 8.05. The second kappa shape index (κ2) is 14.6. The molecule has 1 fully saturated rings. The first-order chi connectivity index (χ1) is 14.7. The summed E-state index contributed by atoms with van der Waals surface area (Å²) >= 11 is 1.81. The Morgan fingerprint density at radius 2 is 1.60 bits per heavy atom. The van der Waals surface area contributed by atoms with Crippen molar-refractivity contribution < 1.29 is 14.3 Å². The monoisotopic (exact) mass is 435 g/mol. The van der Waals surface area contributed by atoms with Crippen molar-refractivity contribution in [3.63, 3.8) is 0 Å². The van der Waals surface area contributed by atoms with Crippen molar-refractivity contribution in [1.82, 2.24) is 4.90 Å². The van der Waals surface area contributed by atoms with Gasteiger partial charge in [0.15, 0.2) is 0 Å². The normalized spacial score (nSPS) is 16.1. The fraction of sp³-hybridized carbons (Fsp3) is 0.720. The minimum atomic E-state index is 0.0234. The predicted octanol–water partition coefficient (Wildman–Crippen LogP) is 6.98. The van der Waals surface area contributed by atoms with Gasteiger partial charge in [-0.3, -0.25) is 4.79 Å². The Labute approximate surface area is 188 Å². The van der Waals surface area contributed by atoms with E-state index in [9.17, 15) is 4.79 Å². The average molecular weight is 436 g/mol. The molecule has 1 heterocycles. The third-order valence-electron chi connectivity index (χ3n) is 5.91. The van der Waals surface area contributed by atoms with Crippen LogP contribution < -0.4 is 9.47 Å². The molecule has 1 atom stereocenters. The van der Waals surface area contributed by atoms with Crippen LogP contribution in [0.25, 0.3) is 0 Å². The molecule has 0 spiro atoms. The maximum atomic E-state index is 12.9. The molecule has 1 saturated heterocycles. The first-order valence-corrected chi connectivity index (χ1v) is 12.9. The van der Waals surface area contributed by atoms with Crippen LogP contribution in [0.2, 0.25) is 0 Å². The molecule has 0 N–H and O–H groups in total. The van der Waals surface area contributed by atoms with Crippen molar-refractivity contribution in [2.45, 2.75) is 89.3 Å². The number of carbonyl (C=O) groups is 1. The van der Waals surface area contributed by atoms with E-state index in [-0.39, 0.29) is 11.3 Å². The summed E-state index contributed by atoms with van der Waals surface area (Å²) in [6, 6.07) is 5.84. The van der Waals surface area contributed by atoms with E-state index in [1.165, 1.54) is 57.8 Å². The highest BCUT2D eigenvalue weighted by atomic mass is 32.2. The van der Waals surface area contributed by atoms with Crippen LogP contribution >= 0.6 is 11.8 Å². The maximum absolute atomic E-state index is 12.9. The molecular weight excluding hydrogens is 394 g/mol. The Balaban J connectivity index is 1.69. The minimum Gasteiger partial charge on any atom is -0.497 e. The van der Waals surface area contributed by atoms with Crippen molar-refractivity contribution in [2.75, 3.05) is 26.5 Å². The predicted molar refractivity (Wildman–Crippen MR) is 128 cm³/mol. The zero-order valence-corrected chi connectivity index (χ0v) is 20.1. The molecule has 1 amide bonds. The number of hydrogen-bond acceptors (Lipinski definition) is 4. The molecule has 1 aromatic carbocycles. The van der Waals surface area contributed by atoms with E-state index in [1.54, 1.807) is 14.2 Å². The molecule has 30 heavy (non-hydrogen) atoms. The van der Waals surface area contributed by atoms with Crippen LogP contribution in [0.3, 0.4) is 0 Å². The van der Waals surface area contributed by atoms with Crippen LogP contribution in [0.5, 0.6) is 11.5 Å². The summed E-state index contributed by atoms with van der Waals surface area (Å²) in [5.41, 5.74) is 1.03. The molecule has 0 unspecified atom stereocenters. The van der Waals surface area contributed by atoms with Crippen molar-refractivity contribution >= 4 is 17.7 Å². The zero-order valence-electron chi connectivity index (χ0n) is 19.3. The number of nitrogens with zero attached hydrogens (tertiary/aromatic N) is 1. The number of carbonyl (C=O) groups excluding carboxylic acids is 1. The molecule has 0 aromatic heterocycles. The number of thioether (sulfide) groups is 1. The molecule has 1 aliphatic heterocycles. The van der Waals surface area contributed by atoms with Gasteiger partial charge in [-0.15, -0.1) is 11.8 Å². The van der Waals surface area contributed by atoms with Crippen molar-refractivity contribution in [3.8, 4) is 11.5 Å². The molecule has 5 heteroatoms. The first kappa shape index (κ1) is 24.9. The van der Waals surface area contributed by atoms with E-state index in [0.29, 0.717) is 6.42 Å². The van der Waals surface area contributed by atoms with Gasteiger partial charge >= 0.3 is 0 Å². The number of rotatable bonds is 15. The molecule has 170 valence electrons. The fourth-order valence-electron chi connectivity index (χ4n) is 4.10. The third-order valence-corrected chi connectivity index (χ3v) is 7.15. The van der Waals surface area contributed by atoms with Gasteiger partial charge in [-0.05, 0) is 24.6 Å². The van der Waals surface area contributed by atoms with Gasteiger partial charge in [0, 0.05) is 24.3 Å². The molecule has 0 saturated carbocycles. The van der Waals surface area contributed by atoms with Gasteiger partial charge in [0.25, 0.3) is 0 Å². The highest BCUT2D eigenvalue weighted by Gasteiger charge is 2.32. The summed E-state index contributed by atoms with van der Waals surface area (Å²) in [6.45, 7) is 3.08. The highest BCUT2D eigenvalue weighted by molar-refractivity contribution is 7.99. The number of unbranched alkanes of at least 4 members (excludes halogenated alkanes) is 10. The van der Waals surface area contributed by atoms with Gasteiger partial charge < -0.3 is 14.4 Å². The minimum absolute atomic E-state index is 0.0234. The Hall–Kier alpha value is -1.36. The lowest BCUT2D eigenvalue weighted by Crippen LogP contribution is -2.30. The lowest BCUT2D eigenvalue weighted by molar-refractivity contribution is -0.131. The lowest BCUT2D eigenvalue weighted by atomic mass is 10.0. The van der Waals surface area contributed by atoms with E-state index >= 15 is 0 Å². The Morgan fingerprint density at radius 1 is 0.967 bits per heavy atom. The van der Waals surface area contributed by atoms with Gasteiger partial charge in [-0.25, -0.2) is 0 Å². The number of methoxy groups -OCH3 is 2. The van der Waals surface area contributed by atoms with Crippen molar-refractivity contribution in [3.05, 3.63) is 23.8 Å². The Kier molecular flexibility index (Phi) is 12.1. The summed E-state index contributed by atoms with van der Waals surface area (Å²) in [5, 5.41) is 0.0234. The fourth-order valence-corrected chi connectivity index (χ4v) is 5.39. The van der Waals surface area contributed by atoms with Gasteiger partial charge in [-0.1, -0.05) is 71.1 Å². The summed E-state index contributed by atoms with van der Waals surface area (Å²) < 4.78 is 10.9. The summed E-state index contributed by atoms with van der Waals surface area (Å²) in [7, 11) is 3.35. The maximum Gasteiger partial charge on any atom is 0.223 e. The number of amides is 1. The zero-order chi connectivity index (χ0) is 21.6. The molecule has 0 aliphatic carbocycles. The molecule has 1 aromatic rings. The quantitative estimate of drug-likeness (QED) is 0.279. The van der Waals surface area contributed by atoms with E-state index in [0.717, 1.165) is 42.2 Å². The number of hydrogen-bond donors (Lipinski definition) is 0. The van der Waals surface area contributed by atoms with Crippen LogP contribution in [0, 0.1) is 0 Å². The average Bonchev–Trinajstić information content (AvgIpc) is 3.26. The molecule has 0 radical (unpaired) electrons. The lowest BCUT2D eigenvalue weighted by Gasteiger charge is -2.26. The molecular formula is C25H41NO3S. The summed E-state index contributed by atoms with van der Waals surface area (Å²) in [5.74, 6) is 2.86. The first-order valence-electron chi connectivity index (χ1n) is 11.8. The van der Waals surface area contributed by atoms with Crippen LogP contribution in [-0.2, 0) is 4.79 Å². The number of ether oxygens (including phenoxy) is 2. The van der Waals surface area contributed by atoms with E-state index < -0.39 is 0 Å². The van der Waals surface area contributed by atoms with Gasteiger partial charge in [0.1, 0.15) is 16.9 Å². The van der Waals surface area contributed by atoms with Crippen molar-refractivity contribution in [1.29, 1.82) is 0 Å². The van der Waals surface area contributed by atoms with Gasteiger partial charge in [0.05, 0.1) is 14.2 Å². The highest BCUT2D eigenvalue weighted by Crippen LogP contribution is 2.43. The van der Waals surface area contributed by atoms with Crippen LogP contribution in [0.15, 0.2) is 18.2 Å². The van der Waals surface area contributed by atoms with Crippen LogP contribution in [0.4, 0.5) is 0 Å². The summed E-state index contributed by atoms with van der Waals surface area (Å²) in [4.78, 5) is 14.9. The molecule has 1 aliphatic rings. The topological polar surface area (TPSA) is 38.8 Å². The van der Waals surface area contributed by atoms with E-state index in [2.05, 4.69) is 6.92 Å². The molecule has 0 bridgehead atoms. The van der Waals surface area contributed by atoms with Gasteiger partial charge in [0.2, 0.25) is 5.91 Å². The van der Waals surface area contributed by atoms with E-state index in [4.69, 9.17) is 9.47 Å².